The van der Waals surface area contributed by atoms with Crippen LogP contribution >= 0.6 is 11.6 Å². The second kappa shape index (κ2) is 5.46. The Labute approximate surface area is 101 Å². The van der Waals surface area contributed by atoms with Gasteiger partial charge in [0, 0.05) is 11.2 Å². The van der Waals surface area contributed by atoms with Gasteiger partial charge >= 0.3 is 0 Å². The summed E-state index contributed by atoms with van der Waals surface area (Å²) in [4.78, 5) is 4.45. The molecule has 1 aliphatic rings. The van der Waals surface area contributed by atoms with E-state index in [4.69, 9.17) is 11.6 Å². The summed E-state index contributed by atoms with van der Waals surface area (Å²) < 4.78 is 0. The van der Waals surface area contributed by atoms with Gasteiger partial charge in [0.05, 0.1) is 12.1 Å². The van der Waals surface area contributed by atoms with Gasteiger partial charge in [-0.2, -0.15) is 0 Å². The first kappa shape index (κ1) is 11.6. The zero-order valence-corrected chi connectivity index (χ0v) is 9.90. The van der Waals surface area contributed by atoms with Crippen molar-refractivity contribution in [1.82, 2.24) is 0 Å². The Morgan fingerprint density at radius 2 is 1.88 bits per heavy atom. The van der Waals surface area contributed by atoms with Gasteiger partial charge in [-0.15, -0.1) is 0 Å². The Bertz CT molecular complexity index is 361. The monoisotopic (exact) mass is 237 g/mol. The number of halogens is 1. The third kappa shape index (κ3) is 3.06. The molecule has 1 fully saturated rings. The number of aliphatic imine (C=N–C) groups is 1. The summed E-state index contributed by atoms with van der Waals surface area (Å²) in [6.45, 7) is 0. The fourth-order valence-corrected chi connectivity index (χ4v) is 2.12. The van der Waals surface area contributed by atoms with Crippen molar-refractivity contribution in [2.75, 3.05) is 0 Å². The predicted octanol–water partition coefficient (Wildman–Crippen LogP) is 3.06. The van der Waals surface area contributed by atoms with E-state index in [0.29, 0.717) is 0 Å². The molecule has 2 rings (SSSR count). The van der Waals surface area contributed by atoms with Crippen molar-refractivity contribution >= 4 is 17.8 Å². The molecule has 2 atom stereocenters. The van der Waals surface area contributed by atoms with E-state index in [1.165, 1.54) is 6.42 Å². The summed E-state index contributed by atoms with van der Waals surface area (Å²) in [5, 5.41) is 10.5. The van der Waals surface area contributed by atoms with Gasteiger partial charge in [0.1, 0.15) is 0 Å². The fourth-order valence-electron chi connectivity index (χ4n) is 2.00. The minimum atomic E-state index is -0.266. The van der Waals surface area contributed by atoms with Crippen LogP contribution in [0.15, 0.2) is 29.3 Å². The van der Waals surface area contributed by atoms with Crippen molar-refractivity contribution in [2.24, 2.45) is 4.99 Å². The van der Waals surface area contributed by atoms with Crippen molar-refractivity contribution in [3.63, 3.8) is 0 Å². The molecule has 0 heterocycles. The Morgan fingerprint density at radius 1 is 1.19 bits per heavy atom. The van der Waals surface area contributed by atoms with Crippen molar-refractivity contribution in [3.05, 3.63) is 34.9 Å². The molecular formula is C13H16ClNO. The van der Waals surface area contributed by atoms with Crippen LogP contribution in [-0.2, 0) is 0 Å². The number of rotatable bonds is 2. The lowest BCUT2D eigenvalue weighted by Crippen LogP contribution is -2.28. The largest absolute Gasteiger partial charge is 0.391 e. The van der Waals surface area contributed by atoms with Crippen LogP contribution in [0.3, 0.4) is 0 Å². The Kier molecular flexibility index (Phi) is 3.97. The highest BCUT2D eigenvalue weighted by Crippen LogP contribution is 2.21. The first-order chi connectivity index (χ1) is 7.75. The van der Waals surface area contributed by atoms with Gasteiger partial charge in [-0.1, -0.05) is 36.6 Å². The van der Waals surface area contributed by atoms with Gasteiger partial charge in [0.15, 0.2) is 0 Å². The van der Waals surface area contributed by atoms with Gasteiger partial charge in [-0.3, -0.25) is 4.99 Å². The second-order valence-electron chi connectivity index (χ2n) is 4.25. The molecule has 1 N–H and O–H groups in total. The number of aliphatic hydroxyl groups is 1. The zero-order valence-electron chi connectivity index (χ0n) is 9.14. The van der Waals surface area contributed by atoms with E-state index in [-0.39, 0.29) is 12.1 Å². The lowest BCUT2D eigenvalue weighted by Gasteiger charge is -2.23. The highest BCUT2D eigenvalue weighted by molar-refractivity contribution is 6.30. The molecule has 0 amide bonds. The highest BCUT2D eigenvalue weighted by Gasteiger charge is 2.21. The molecule has 1 aromatic rings. The number of nitrogens with zero attached hydrogens (tertiary/aromatic N) is 1. The summed E-state index contributed by atoms with van der Waals surface area (Å²) in [6.07, 6.45) is 5.72. The maximum absolute atomic E-state index is 9.76. The van der Waals surface area contributed by atoms with Gasteiger partial charge < -0.3 is 5.11 Å². The van der Waals surface area contributed by atoms with Crippen LogP contribution < -0.4 is 0 Å². The van der Waals surface area contributed by atoms with E-state index < -0.39 is 0 Å². The summed E-state index contributed by atoms with van der Waals surface area (Å²) in [7, 11) is 0. The average Bonchev–Trinajstić information content (AvgIpc) is 2.30. The van der Waals surface area contributed by atoms with Crippen LogP contribution in [0, 0.1) is 0 Å². The van der Waals surface area contributed by atoms with E-state index >= 15 is 0 Å². The molecule has 0 aliphatic heterocycles. The molecule has 1 saturated carbocycles. The molecule has 16 heavy (non-hydrogen) atoms. The van der Waals surface area contributed by atoms with Crippen molar-refractivity contribution in [1.29, 1.82) is 0 Å². The van der Waals surface area contributed by atoms with Crippen LogP contribution in [0.1, 0.15) is 31.2 Å². The van der Waals surface area contributed by atoms with E-state index in [1.54, 1.807) is 0 Å². The number of benzene rings is 1. The van der Waals surface area contributed by atoms with Gasteiger partial charge in [0.25, 0.3) is 0 Å². The summed E-state index contributed by atoms with van der Waals surface area (Å²) >= 11 is 5.80. The van der Waals surface area contributed by atoms with Gasteiger partial charge in [-0.25, -0.2) is 0 Å². The van der Waals surface area contributed by atoms with Gasteiger partial charge in [-0.05, 0) is 30.5 Å². The first-order valence-electron chi connectivity index (χ1n) is 5.72. The zero-order chi connectivity index (χ0) is 11.4. The fraction of sp³-hybridized carbons (Fsp3) is 0.462. The third-order valence-corrected chi connectivity index (χ3v) is 3.23. The van der Waals surface area contributed by atoms with Crippen LogP contribution in [0.5, 0.6) is 0 Å². The van der Waals surface area contributed by atoms with Crippen molar-refractivity contribution in [2.45, 2.75) is 37.8 Å². The lowest BCUT2D eigenvalue weighted by atomic mass is 9.93. The Hall–Kier alpha value is -0.860. The molecule has 0 bridgehead atoms. The maximum Gasteiger partial charge on any atom is 0.0763 e. The van der Waals surface area contributed by atoms with Crippen molar-refractivity contribution < 1.29 is 5.11 Å². The molecular weight excluding hydrogens is 222 g/mol. The molecule has 3 heteroatoms. The molecule has 2 nitrogen and oxygen atoms in total. The lowest BCUT2D eigenvalue weighted by molar-refractivity contribution is 0.110. The topological polar surface area (TPSA) is 32.6 Å². The number of aliphatic hydroxyl groups excluding tert-OH is 1. The summed E-state index contributed by atoms with van der Waals surface area (Å²) in [5.74, 6) is 0. The van der Waals surface area contributed by atoms with E-state index in [1.807, 2.05) is 30.5 Å². The van der Waals surface area contributed by atoms with Crippen LogP contribution in [0.4, 0.5) is 0 Å². The molecule has 1 aliphatic carbocycles. The number of hydrogen-bond donors (Lipinski definition) is 1. The molecule has 1 aromatic carbocycles. The second-order valence-corrected chi connectivity index (χ2v) is 4.69. The van der Waals surface area contributed by atoms with Gasteiger partial charge in [0.2, 0.25) is 0 Å². The highest BCUT2D eigenvalue weighted by atomic mass is 35.5. The van der Waals surface area contributed by atoms with Crippen molar-refractivity contribution in [3.8, 4) is 0 Å². The van der Waals surface area contributed by atoms with Crippen LogP contribution in [0.25, 0.3) is 0 Å². The summed E-state index contributed by atoms with van der Waals surface area (Å²) in [5.41, 5.74) is 1.03. The molecule has 0 radical (unpaired) electrons. The van der Waals surface area contributed by atoms with Crippen LogP contribution in [0.2, 0.25) is 5.02 Å². The maximum atomic E-state index is 9.76. The molecule has 0 aromatic heterocycles. The van der Waals surface area contributed by atoms with E-state index in [2.05, 4.69) is 4.99 Å². The molecule has 0 spiro atoms. The normalized spacial score (nSPS) is 26.1. The summed E-state index contributed by atoms with van der Waals surface area (Å²) in [6, 6.07) is 7.63. The Morgan fingerprint density at radius 3 is 2.56 bits per heavy atom. The minimum absolute atomic E-state index is 0.0735. The quantitative estimate of drug-likeness (QED) is 0.788. The first-order valence-corrected chi connectivity index (χ1v) is 6.10. The average molecular weight is 238 g/mol. The third-order valence-electron chi connectivity index (χ3n) is 2.98. The smallest absolute Gasteiger partial charge is 0.0763 e. The molecule has 0 unspecified atom stereocenters. The number of hydrogen-bond acceptors (Lipinski definition) is 2. The molecule has 0 saturated heterocycles. The predicted molar refractivity (Wildman–Crippen MR) is 67.3 cm³/mol. The van der Waals surface area contributed by atoms with E-state index in [9.17, 15) is 5.11 Å². The Balaban J connectivity index is 2.00. The standard InChI is InChI=1S/C13H16ClNO/c14-11-7-5-10(6-8-11)9-15-12-3-1-2-4-13(12)16/h5-9,12-13,16H,1-4H2/t12-,13-/m1/s1. The molecule has 86 valence electrons. The SMILES string of the molecule is O[C@@H]1CCCC[C@H]1N=Cc1ccc(Cl)cc1. The van der Waals surface area contributed by atoms with Crippen LogP contribution in [-0.4, -0.2) is 23.5 Å². The van der Waals surface area contributed by atoms with E-state index in [0.717, 1.165) is 29.8 Å². The minimum Gasteiger partial charge on any atom is -0.391 e.